The molecule has 1 aromatic rings. The molecule has 3 nitrogen and oxygen atoms in total. The highest BCUT2D eigenvalue weighted by molar-refractivity contribution is 14.1. The Kier molecular flexibility index (Phi) is 6.28. The molecule has 0 bridgehead atoms. The van der Waals surface area contributed by atoms with Crippen LogP contribution in [0.25, 0.3) is 0 Å². The van der Waals surface area contributed by atoms with E-state index in [1.165, 1.54) is 6.07 Å². The molecule has 1 rings (SSSR count). The van der Waals surface area contributed by atoms with E-state index in [0.29, 0.717) is 34.7 Å². The number of rotatable bonds is 7. The van der Waals surface area contributed by atoms with Crippen molar-refractivity contribution in [2.24, 2.45) is 0 Å². The summed E-state index contributed by atoms with van der Waals surface area (Å²) in [6.07, 6.45) is 2.64. The Hall–Kier alpha value is -0.820. The van der Waals surface area contributed by atoms with Gasteiger partial charge in [-0.3, -0.25) is 0 Å². The van der Waals surface area contributed by atoms with Gasteiger partial charge in [0.05, 0.1) is 28.2 Å². The van der Waals surface area contributed by atoms with Gasteiger partial charge < -0.3 is 15.8 Å². The Balaban J connectivity index is 2.36. The fourth-order valence-electron chi connectivity index (χ4n) is 1.24. The predicted octanol–water partition coefficient (Wildman–Crippen LogP) is 3.02. The fourth-order valence-corrected chi connectivity index (χ4v) is 1.73. The zero-order valence-corrected chi connectivity index (χ0v) is 11.7. The van der Waals surface area contributed by atoms with Crippen molar-refractivity contribution in [3.8, 4) is 0 Å². The highest BCUT2D eigenvalue weighted by Crippen LogP contribution is 2.23. The molecule has 94 valence electrons. The van der Waals surface area contributed by atoms with Crippen molar-refractivity contribution >= 4 is 34.0 Å². The molecule has 0 saturated heterocycles. The summed E-state index contributed by atoms with van der Waals surface area (Å²) < 4.78 is 19.1. The number of benzene rings is 1. The van der Waals surface area contributed by atoms with Gasteiger partial charge in [0.15, 0.2) is 0 Å². The van der Waals surface area contributed by atoms with Gasteiger partial charge in [-0.25, -0.2) is 4.39 Å². The maximum atomic E-state index is 13.3. The van der Waals surface area contributed by atoms with Crippen LogP contribution >= 0.6 is 22.6 Å². The van der Waals surface area contributed by atoms with E-state index in [4.69, 9.17) is 10.5 Å². The van der Waals surface area contributed by atoms with Gasteiger partial charge in [-0.2, -0.15) is 0 Å². The van der Waals surface area contributed by atoms with Crippen LogP contribution in [0.4, 0.5) is 15.8 Å². The first kappa shape index (κ1) is 14.2. The van der Waals surface area contributed by atoms with Crippen molar-refractivity contribution < 1.29 is 9.13 Å². The lowest BCUT2D eigenvalue weighted by Gasteiger charge is -2.10. The second-order valence-electron chi connectivity index (χ2n) is 3.47. The van der Waals surface area contributed by atoms with Crippen molar-refractivity contribution in [1.29, 1.82) is 0 Å². The molecule has 0 atom stereocenters. The molecule has 3 N–H and O–H groups in total. The smallest absolute Gasteiger partial charge is 0.138 e. The van der Waals surface area contributed by atoms with Crippen LogP contribution in [0.3, 0.4) is 0 Å². The number of hydrogen-bond acceptors (Lipinski definition) is 3. The molecule has 0 amide bonds. The number of hydrogen-bond donors (Lipinski definition) is 2. The molecule has 0 radical (unpaired) electrons. The van der Waals surface area contributed by atoms with Gasteiger partial charge in [0.2, 0.25) is 0 Å². The van der Waals surface area contributed by atoms with Crippen molar-refractivity contribution in [3.63, 3.8) is 0 Å². The van der Waals surface area contributed by atoms with Crippen LogP contribution in [0.2, 0.25) is 0 Å². The van der Waals surface area contributed by atoms with Crippen LogP contribution in [0.15, 0.2) is 24.8 Å². The molecule has 0 heterocycles. The van der Waals surface area contributed by atoms with Crippen molar-refractivity contribution in [1.82, 2.24) is 0 Å². The number of nitrogens with two attached hydrogens (primary N) is 1. The highest BCUT2D eigenvalue weighted by atomic mass is 127. The zero-order valence-electron chi connectivity index (χ0n) is 9.51. The van der Waals surface area contributed by atoms with Gasteiger partial charge in [0.25, 0.3) is 0 Å². The van der Waals surface area contributed by atoms with Crippen molar-refractivity contribution in [2.75, 3.05) is 30.8 Å². The summed E-state index contributed by atoms with van der Waals surface area (Å²) in [7, 11) is 0. The highest BCUT2D eigenvalue weighted by Gasteiger charge is 2.05. The molecule has 17 heavy (non-hydrogen) atoms. The van der Waals surface area contributed by atoms with Crippen LogP contribution in [0.5, 0.6) is 0 Å². The van der Waals surface area contributed by atoms with Crippen LogP contribution < -0.4 is 11.1 Å². The molecule has 0 aromatic heterocycles. The lowest BCUT2D eigenvalue weighted by molar-refractivity contribution is 0.149. The summed E-state index contributed by atoms with van der Waals surface area (Å²) >= 11 is 1.91. The number of nitrogen functional groups attached to an aromatic ring is 1. The van der Waals surface area contributed by atoms with E-state index in [1.807, 2.05) is 22.6 Å². The number of anilines is 2. The Morgan fingerprint density at radius 1 is 1.47 bits per heavy atom. The Bertz CT molecular complexity index is 385. The van der Waals surface area contributed by atoms with Crippen LogP contribution in [-0.4, -0.2) is 19.8 Å². The summed E-state index contributed by atoms with van der Waals surface area (Å²) in [6, 6.07) is 3.01. The monoisotopic (exact) mass is 350 g/mol. The van der Waals surface area contributed by atoms with Gasteiger partial charge in [0.1, 0.15) is 5.82 Å². The summed E-state index contributed by atoms with van der Waals surface area (Å²) in [5.41, 5.74) is 6.91. The topological polar surface area (TPSA) is 47.3 Å². The first-order valence-corrected chi connectivity index (χ1v) is 6.40. The number of halogens is 2. The van der Waals surface area contributed by atoms with Crippen LogP contribution in [-0.2, 0) is 4.74 Å². The second-order valence-corrected chi connectivity index (χ2v) is 4.63. The van der Waals surface area contributed by atoms with E-state index in [1.54, 1.807) is 12.1 Å². The SMILES string of the molecule is C=CCCOCCNc1cc(F)c(I)cc1N. The van der Waals surface area contributed by atoms with Crippen molar-refractivity contribution in [2.45, 2.75) is 6.42 Å². The number of nitrogens with one attached hydrogen (secondary N) is 1. The van der Waals surface area contributed by atoms with Crippen LogP contribution in [0.1, 0.15) is 6.42 Å². The molecule has 0 aliphatic heterocycles. The standard InChI is InChI=1S/C12H16FIN2O/c1-2-3-5-17-6-4-16-12-7-9(13)10(14)8-11(12)15/h2,7-8,16H,1,3-6,15H2. The summed E-state index contributed by atoms with van der Waals surface area (Å²) in [6.45, 7) is 5.41. The van der Waals surface area contributed by atoms with E-state index in [2.05, 4.69) is 11.9 Å². The summed E-state index contributed by atoms with van der Waals surface area (Å²) in [5.74, 6) is -0.269. The average Bonchev–Trinajstić information content (AvgIpc) is 2.30. The van der Waals surface area contributed by atoms with Gasteiger partial charge in [-0.15, -0.1) is 6.58 Å². The second kappa shape index (κ2) is 7.50. The largest absolute Gasteiger partial charge is 0.397 e. The first-order valence-electron chi connectivity index (χ1n) is 5.32. The minimum atomic E-state index is -0.269. The van der Waals surface area contributed by atoms with E-state index < -0.39 is 0 Å². The van der Waals surface area contributed by atoms with Gasteiger partial charge >= 0.3 is 0 Å². The van der Waals surface area contributed by atoms with E-state index >= 15 is 0 Å². The molecule has 0 fully saturated rings. The van der Waals surface area contributed by atoms with Gasteiger partial charge in [-0.1, -0.05) is 6.08 Å². The lowest BCUT2D eigenvalue weighted by atomic mass is 10.2. The summed E-state index contributed by atoms with van der Waals surface area (Å²) in [5, 5.41) is 3.04. The third-order valence-corrected chi connectivity index (χ3v) is 2.95. The molecule has 0 unspecified atom stereocenters. The fraction of sp³-hybridized carbons (Fsp3) is 0.333. The predicted molar refractivity (Wildman–Crippen MR) is 77.7 cm³/mol. The third kappa shape index (κ3) is 4.91. The normalized spacial score (nSPS) is 10.2. The maximum Gasteiger partial charge on any atom is 0.138 e. The molecule has 0 aliphatic carbocycles. The van der Waals surface area contributed by atoms with Gasteiger partial charge in [-0.05, 0) is 35.1 Å². The molecule has 0 aliphatic rings. The number of ether oxygens (including phenoxy) is 1. The van der Waals surface area contributed by atoms with E-state index in [9.17, 15) is 4.39 Å². The molecular formula is C12H16FIN2O. The van der Waals surface area contributed by atoms with Gasteiger partial charge in [0, 0.05) is 12.6 Å². The molecule has 1 aromatic carbocycles. The minimum absolute atomic E-state index is 0.269. The summed E-state index contributed by atoms with van der Waals surface area (Å²) in [4.78, 5) is 0. The molecule has 5 heteroatoms. The maximum absolute atomic E-state index is 13.3. The third-order valence-electron chi connectivity index (χ3n) is 2.12. The van der Waals surface area contributed by atoms with Crippen molar-refractivity contribution in [3.05, 3.63) is 34.2 Å². The molecular weight excluding hydrogens is 334 g/mol. The first-order chi connectivity index (χ1) is 8.15. The Labute approximate surface area is 114 Å². The Morgan fingerprint density at radius 3 is 2.94 bits per heavy atom. The molecule has 0 saturated carbocycles. The van der Waals surface area contributed by atoms with E-state index in [0.717, 1.165) is 6.42 Å². The average molecular weight is 350 g/mol. The lowest BCUT2D eigenvalue weighted by Crippen LogP contribution is -2.11. The Morgan fingerprint density at radius 2 is 2.24 bits per heavy atom. The minimum Gasteiger partial charge on any atom is -0.397 e. The molecule has 0 spiro atoms. The quantitative estimate of drug-likeness (QED) is 0.344. The van der Waals surface area contributed by atoms with Crippen LogP contribution in [0, 0.1) is 9.39 Å². The zero-order chi connectivity index (χ0) is 12.7. The van der Waals surface area contributed by atoms with E-state index in [-0.39, 0.29) is 5.82 Å².